The predicted octanol–water partition coefficient (Wildman–Crippen LogP) is -1.83. The average Bonchev–Trinajstić information content (AvgIpc) is 1.83. The van der Waals surface area contributed by atoms with Gasteiger partial charge in [0.1, 0.15) is 0 Å². The van der Waals surface area contributed by atoms with E-state index in [1.165, 1.54) is 0 Å². The number of carbonyl (C=O) groups excluding carboxylic acids is 2. The number of nitrogens with two attached hydrogens (primary N) is 2. The minimum atomic E-state index is -0.992. The zero-order valence-electron chi connectivity index (χ0n) is 4.38. The van der Waals surface area contributed by atoms with Gasteiger partial charge < -0.3 is 10.6 Å². The van der Waals surface area contributed by atoms with E-state index in [2.05, 4.69) is 16.5 Å². The molecule has 0 aliphatic heterocycles. The van der Waals surface area contributed by atoms with Crippen molar-refractivity contribution in [1.29, 1.82) is 0 Å². The van der Waals surface area contributed by atoms with Gasteiger partial charge >= 0.3 is 12.1 Å². The van der Waals surface area contributed by atoms with Crippen molar-refractivity contribution in [3.8, 4) is 0 Å². The molecule has 0 saturated carbocycles. The average molecular weight is 134 g/mol. The number of carbonyl (C=O) groups is 2. The molecule has 0 saturated heterocycles. The zero-order valence-corrected chi connectivity index (χ0v) is 4.38. The molecule has 52 valence electrons. The summed E-state index contributed by atoms with van der Waals surface area (Å²) in [7, 11) is 0. The third-order valence-electron chi connectivity index (χ3n) is 0.395. The molecule has 0 aromatic rings. The van der Waals surface area contributed by atoms with Crippen LogP contribution in [-0.4, -0.2) is 12.1 Å². The van der Waals surface area contributed by atoms with Crippen LogP contribution in [-0.2, 0) is 4.84 Å². The van der Waals surface area contributed by atoms with E-state index < -0.39 is 12.1 Å². The number of nitrogens with one attached hydrogen (secondary N) is 2. The van der Waals surface area contributed by atoms with Gasteiger partial charge in [-0.2, -0.15) is 5.90 Å². The molecule has 0 aliphatic rings. The van der Waals surface area contributed by atoms with Crippen LogP contribution in [0.5, 0.6) is 0 Å². The molecule has 7 nitrogen and oxygen atoms in total. The summed E-state index contributed by atoms with van der Waals surface area (Å²) in [6.07, 6.45) is -0.992. The smallest absolute Gasteiger partial charge is 0.356 e. The number of hydrogen-bond acceptors (Lipinski definition) is 4. The van der Waals surface area contributed by atoms with Crippen LogP contribution in [0.1, 0.15) is 0 Å². The molecule has 6 N–H and O–H groups in total. The highest BCUT2D eigenvalue weighted by Crippen LogP contribution is 1.60. The van der Waals surface area contributed by atoms with Crippen LogP contribution in [0.3, 0.4) is 0 Å². The van der Waals surface area contributed by atoms with Gasteiger partial charge in [0.25, 0.3) is 0 Å². The van der Waals surface area contributed by atoms with Crippen LogP contribution in [0, 0.1) is 0 Å². The van der Waals surface area contributed by atoms with Gasteiger partial charge in [-0.25, -0.2) is 20.4 Å². The van der Waals surface area contributed by atoms with E-state index in [1.54, 1.807) is 10.9 Å². The number of primary amides is 1. The molecule has 3 amide bonds. The Kier molecular flexibility index (Phi) is 2.91. The maximum absolute atomic E-state index is 9.99. The van der Waals surface area contributed by atoms with Crippen molar-refractivity contribution in [2.24, 2.45) is 11.6 Å². The highest BCUT2D eigenvalue weighted by molar-refractivity contribution is 5.75. The van der Waals surface area contributed by atoms with Gasteiger partial charge in [-0.15, -0.1) is 0 Å². The van der Waals surface area contributed by atoms with Crippen LogP contribution in [0.25, 0.3) is 0 Å². The Labute approximate surface area is 50.2 Å². The van der Waals surface area contributed by atoms with Gasteiger partial charge in [0.15, 0.2) is 0 Å². The Balaban J connectivity index is 3.28. The van der Waals surface area contributed by atoms with Crippen LogP contribution in [0.4, 0.5) is 9.59 Å². The van der Waals surface area contributed by atoms with Crippen molar-refractivity contribution in [1.82, 2.24) is 10.9 Å². The number of amides is 3. The first-order valence-corrected chi connectivity index (χ1v) is 1.89. The van der Waals surface area contributed by atoms with Crippen molar-refractivity contribution < 1.29 is 14.4 Å². The zero-order chi connectivity index (χ0) is 7.28. The third kappa shape index (κ3) is 4.35. The van der Waals surface area contributed by atoms with Crippen LogP contribution >= 0.6 is 0 Å². The van der Waals surface area contributed by atoms with Crippen LogP contribution < -0.4 is 22.5 Å². The number of hydrogen-bond donors (Lipinski definition) is 4. The van der Waals surface area contributed by atoms with Gasteiger partial charge in [0.05, 0.1) is 0 Å². The van der Waals surface area contributed by atoms with Crippen molar-refractivity contribution in [3.05, 3.63) is 0 Å². The molecular formula is C2H6N4O3. The molecule has 0 aromatic carbocycles. The second-order valence-corrected chi connectivity index (χ2v) is 1.02. The minimum Gasteiger partial charge on any atom is -0.356 e. The molecule has 0 spiro atoms. The standard InChI is InChI=1S/C2H6N4O3/c3-1(7)5-6-2(8)9-4/h4H2,(H,6,8)(H3,3,5,7). The second kappa shape index (κ2) is 3.50. The molecule has 0 aliphatic carbocycles. The van der Waals surface area contributed by atoms with E-state index in [4.69, 9.17) is 0 Å². The maximum atomic E-state index is 9.99. The summed E-state index contributed by atoms with van der Waals surface area (Å²) in [5, 5.41) is 0. The van der Waals surface area contributed by atoms with Gasteiger partial charge in [-0.05, 0) is 0 Å². The number of rotatable bonds is 0. The Hall–Kier alpha value is -1.50. The maximum Gasteiger partial charge on any atom is 0.444 e. The van der Waals surface area contributed by atoms with Crippen LogP contribution in [0.15, 0.2) is 0 Å². The molecule has 0 unspecified atom stereocenters. The van der Waals surface area contributed by atoms with E-state index in [-0.39, 0.29) is 0 Å². The molecule has 0 fully saturated rings. The lowest BCUT2D eigenvalue weighted by atomic mass is 11.1. The first-order valence-electron chi connectivity index (χ1n) is 1.89. The number of hydrazine groups is 1. The summed E-state index contributed by atoms with van der Waals surface area (Å²) in [5.41, 5.74) is 7.99. The van der Waals surface area contributed by atoms with Gasteiger partial charge in [-0.3, -0.25) is 0 Å². The van der Waals surface area contributed by atoms with E-state index >= 15 is 0 Å². The fourth-order valence-electron chi connectivity index (χ4n) is 0.142. The molecule has 0 bridgehead atoms. The van der Waals surface area contributed by atoms with Gasteiger partial charge in [0, 0.05) is 0 Å². The molecule has 0 atom stereocenters. The first-order chi connectivity index (χ1) is 4.16. The third-order valence-corrected chi connectivity index (χ3v) is 0.395. The number of urea groups is 1. The van der Waals surface area contributed by atoms with Gasteiger partial charge in [-0.1, -0.05) is 0 Å². The topological polar surface area (TPSA) is 119 Å². The minimum absolute atomic E-state index is 0.902. The Morgan fingerprint density at radius 3 is 2.22 bits per heavy atom. The van der Waals surface area contributed by atoms with E-state index in [0.29, 0.717) is 0 Å². The Morgan fingerprint density at radius 2 is 1.89 bits per heavy atom. The van der Waals surface area contributed by atoms with Crippen molar-refractivity contribution in [2.75, 3.05) is 0 Å². The fraction of sp³-hybridized carbons (Fsp3) is 0. The lowest BCUT2D eigenvalue weighted by Gasteiger charge is -1.99. The summed E-state index contributed by atoms with van der Waals surface area (Å²) in [5.74, 6) is 4.35. The molecule has 0 heterocycles. The largest absolute Gasteiger partial charge is 0.444 e. The Bertz CT molecular complexity index is 123. The lowest BCUT2D eigenvalue weighted by Crippen LogP contribution is -2.45. The molecule has 7 heteroatoms. The van der Waals surface area contributed by atoms with E-state index in [0.717, 1.165) is 0 Å². The molecule has 9 heavy (non-hydrogen) atoms. The van der Waals surface area contributed by atoms with Crippen molar-refractivity contribution in [3.63, 3.8) is 0 Å². The molecule has 0 radical (unpaired) electrons. The summed E-state index contributed by atoms with van der Waals surface area (Å²) in [6, 6.07) is -0.902. The summed E-state index contributed by atoms with van der Waals surface area (Å²) >= 11 is 0. The molecule has 0 aromatic heterocycles. The molecule has 0 rings (SSSR count). The Morgan fingerprint density at radius 1 is 1.33 bits per heavy atom. The van der Waals surface area contributed by atoms with Crippen molar-refractivity contribution in [2.45, 2.75) is 0 Å². The summed E-state index contributed by atoms with van der Waals surface area (Å²) < 4.78 is 0. The summed E-state index contributed by atoms with van der Waals surface area (Å²) in [6.45, 7) is 0. The monoisotopic (exact) mass is 134 g/mol. The SMILES string of the molecule is NOC(=O)NNC(N)=O. The van der Waals surface area contributed by atoms with Gasteiger partial charge in [0.2, 0.25) is 0 Å². The summed E-state index contributed by atoms with van der Waals surface area (Å²) in [4.78, 5) is 23.4. The van der Waals surface area contributed by atoms with Crippen molar-refractivity contribution >= 4 is 12.1 Å². The highest BCUT2D eigenvalue weighted by atomic mass is 16.7. The van der Waals surface area contributed by atoms with Crippen LogP contribution in [0.2, 0.25) is 0 Å². The predicted molar refractivity (Wildman–Crippen MR) is 26.5 cm³/mol. The second-order valence-electron chi connectivity index (χ2n) is 1.02. The fourth-order valence-corrected chi connectivity index (χ4v) is 0.142. The first kappa shape index (κ1) is 7.50. The van der Waals surface area contributed by atoms with E-state index in [1.807, 2.05) is 0 Å². The van der Waals surface area contributed by atoms with E-state index in [9.17, 15) is 9.59 Å². The quantitative estimate of drug-likeness (QED) is 0.291. The normalized spacial score (nSPS) is 7.67. The lowest BCUT2D eigenvalue weighted by molar-refractivity contribution is 0.143. The molecular weight excluding hydrogens is 128 g/mol. The highest BCUT2D eigenvalue weighted by Gasteiger charge is 1.97.